The van der Waals surface area contributed by atoms with Crippen molar-refractivity contribution >= 4 is 23.3 Å². The van der Waals surface area contributed by atoms with Crippen LogP contribution >= 0.6 is 0 Å². The van der Waals surface area contributed by atoms with Gasteiger partial charge >= 0.3 is 0 Å². The van der Waals surface area contributed by atoms with Crippen molar-refractivity contribution in [3.63, 3.8) is 0 Å². The molecule has 4 atom stereocenters. The molecule has 1 aromatic carbocycles. The van der Waals surface area contributed by atoms with Crippen molar-refractivity contribution in [2.75, 3.05) is 11.5 Å². The normalized spacial score (nSPS) is 36.5. The van der Waals surface area contributed by atoms with Gasteiger partial charge < -0.3 is 9.84 Å². The van der Waals surface area contributed by atoms with Crippen LogP contribution in [0.4, 0.5) is 5.69 Å². The van der Waals surface area contributed by atoms with Crippen LogP contribution in [0.3, 0.4) is 0 Å². The average molecular weight is 327 g/mol. The molecule has 6 heteroatoms. The fourth-order valence-corrected chi connectivity index (χ4v) is 4.16. The molecule has 0 radical (unpaired) electrons. The van der Waals surface area contributed by atoms with E-state index in [1.807, 2.05) is 0 Å². The molecule has 1 aromatic rings. The van der Waals surface area contributed by atoms with E-state index >= 15 is 0 Å². The van der Waals surface area contributed by atoms with Gasteiger partial charge in [-0.25, -0.2) is 4.90 Å². The van der Waals surface area contributed by atoms with E-state index in [4.69, 9.17) is 4.74 Å². The highest BCUT2D eigenvalue weighted by Gasteiger charge is 2.72. The number of imide groups is 1. The van der Waals surface area contributed by atoms with Gasteiger partial charge in [-0.05, 0) is 26.0 Å². The van der Waals surface area contributed by atoms with Gasteiger partial charge in [0, 0.05) is 5.56 Å². The summed E-state index contributed by atoms with van der Waals surface area (Å²) in [7, 11) is 0. The number of hydrogen-bond donors (Lipinski definition) is 1. The lowest BCUT2D eigenvalue weighted by molar-refractivity contribution is -0.131. The van der Waals surface area contributed by atoms with Crippen molar-refractivity contribution in [3.05, 3.63) is 42.0 Å². The molecule has 0 saturated carbocycles. The second-order valence-electron chi connectivity index (χ2n) is 6.81. The lowest BCUT2D eigenvalue weighted by Gasteiger charge is -2.27. The second kappa shape index (κ2) is 4.62. The number of hydrogen-bond acceptors (Lipinski definition) is 5. The summed E-state index contributed by atoms with van der Waals surface area (Å²) >= 11 is 0. The fourth-order valence-electron chi connectivity index (χ4n) is 4.16. The average Bonchev–Trinajstić information content (AvgIpc) is 3.13. The van der Waals surface area contributed by atoms with Gasteiger partial charge in [-0.3, -0.25) is 14.4 Å². The summed E-state index contributed by atoms with van der Waals surface area (Å²) < 4.78 is 5.87. The Kier molecular flexibility index (Phi) is 2.93. The SMILES string of the molecule is CC(=O)c1cccc(N2C(=O)[C@@H]3[C@@H](C2=O)[C@@]2(CO)C=C[C@@]3(C)O2)c1. The molecule has 2 bridgehead atoms. The third kappa shape index (κ3) is 1.70. The number of anilines is 1. The molecular formula is C18H17NO5. The number of aliphatic hydroxyl groups is 1. The number of fused-ring (bicyclic) bond motifs is 5. The van der Waals surface area contributed by atoms with Gasteiger partial charge in [-0.15, -0.1) is 0 Å². The molecule has 0 unspecified atom stereocenters. The maximum absolute atomic E-state index is 13.0. The number of carbonyl (C=O) groups excluding carboxylic acids is 3. The Morgan fingerprint density at radius 2 is 1.96 bits per heavy atom. The number of benzene rings is 1. The predicted molar refractivity (Wildman–Crippen MR) is 84.4 cm³/mol. The van der Waals surface area contributed by atoms with Gasteiger partial charge in [0.1, 0.15) is 5.60 Å². The molecule has 0 spiro atoms. The lowest BCUT2D eigenvalue weighted by Crippen LogP contribution is -2.43. The molecule has 3 aliphatic heterocycles. The number of carbonyl (C=O) groups is 3. The Bertz CT molecular complexity index is 815. The van der Waals surface area contributed by atoms with E-state index in [9.17, 15) is 19.5 Å². The van der Waals surface area contributed by atoms with Crippen molar-refractivity contribution < 1.29 is 24.2 Å². The second-order valence-corrected chi connectivity index (χ2v) is 6.81. The first-order chi connectivity index (χ1) is 11.3. The molecule has 2 saturated heterocycles. The van der Waals surface area contributed by atoms with Crippen LogP contribution in [0.2, 0.25) is 0 Å². The van der Waals surface area contributed by atoms with E-state index < -0.39 is 28.9 Å². The van der Waals surface area contributed by atoms with Crippen LogP contribution in [-0.4, -0.2) is 40.5 Å². The Morgan fingerprint density at radius 1 is 1.25 bits per heavy atom. The Balaban J connectivity index is 1.80. The number of aliphatic hydroxyl groups excluding tert-OH is 1. The van der Waals surface area contributed by atoms with E-state index in [0.29, 0.717) is 11.3 Å². The lowest BCUT2D eigenvalue weighted by atomic mass is 9.73. The fraction of sp³-hybridized carbons (Fsp3) is 0.389. The summed E-state index contributed by atoms with van der Waals surface area (Å²) in [6.45, 7) is 2.83. The zero-order valence-electron chi connectivity index (χ0n) is 13.4. The molecule has 2 fully saturated rings. The zero-order chi connectivity index (χ0) is 17.3. The third-order valence-electron chi connectivity index (χ3n) is 5.31. The van der Waals surface area contributed by atoms with Crippen LogP contribution in [-0.2, 0) is 14.3 Å². The molecule has 0 aliphatic carbocycles. The number of rotatable bonds is 3. The Hall–Kier alpha value is -2.31. The van der Waals surface area contributed by atoms with Gasteiger partial charge in [-0.1, -0.05) is 24.3 Å². The monoisotopic (exact) mass is 327 g/mol. The topological polar surface area (TPSA) is 83.9 Å². The molecule has 1 N–H and O–H groups in total. The van der Waals surface area contributed by atoms with Gasteiger partial charge in [0.15, 0.2) is 5.78 Å². The molecule has 124 valence electrons. The highest BCUT2D eigenvalue weighted by molar-refractivity contribution is 6.23. The number of amides is 2. The van der Waals surface area contributed by atoms with Crippen molar-refractivity contribution in [1.29, 1.82) is 0 Å². The van der Waals surface area contributed by atoms with Crippen LogP contribution < -0.4 is 4.90 Å². The molecule has 0 aromatic heterocycles. The minimum Gasteiger partial charge on any atom is -0.393 e. The van der Waals surface area contributed by atoms with Crippen LogP contribution in [0.25, 0.3) is 0 Å². The van der Waals surface area contributed by atoms with E-state index in [1.54, 1.807) is 43.3 Å². The van der Waals surface area contributed by atoms with Gasteiger partial charge in [-0.2, -0.15) is 0 Å². The largest absolute Gasteiger partial charge is 0.393 e. The third-order valence-corrected chi connectivity index (χ3v) is 5.31. The van der Waals surface area contributed by atoms with Crippen molar-refractivity contribution in [3.8, 4) is 0 Å². The maximum atomic E-state index is 13.0. The standard InChI is InChI=1S/C18H17NO5/c1-10(21)11-4-3-5-12(8-11)19-15(22)13-14(16(19)23)18(9-20)7-6-17(13,2)24-18/h3-8,13-14,20H,9H2,1-2H3/t13-,14-,17+,18-/m0/s1. The first-order valence-corrected chi connectivity index (χ1v) is 7.83. The van der Waals surface area contributed by atoms with E-state index in [1.165, 1.54) is 6.92 Å². The van der Waals surface area contributed by atoms with Crippen molar-refractivity contribution in [1.82, 2.24) is 0 Å². The Morgan fingerprint density at radius 3 is 2.62 bits per heavy atom. The predicted octanol–water partition coefficient (Wildman–Crippen LogP) is 1.08. The number of ketones is 1. The minimum absolute atomic E-state index is 0.139. The maximum Gasteiger partial charge on any atom is 0.241 e. The number of Topliss-reactive ketones (excluding diaryl/α,β-unsaturated/α-hetero) is 1. The molecular weight excluding hydrogens is 310 g/mol. The summed E-state index contributed by atoms with van der Waals surface area (Å²) in [5.74, 6) is -2.30. The zero-order valence-corrected chi connectivity index (χ0v) is 13.4. The summed E-state index contributed by atoms with van der Waals surface area (Å²) in [4.78, 5) is 38.6. The van der Waals surface area contributed by atoms with Gasteiger partial charge in [0.2, 0.25) is 11.8 Å². The summed E-state index contributed by atoms with van der Waals surface area (Å²) in [5.41, 5.74) is -1.22. The van der Waals surface area contributed by atoms with Crippen LogP contribution in [0, 0.1) is 11.8 Å². The Labute approximate surface area is 138 Å². The first-order valence-electron chi connectivity index (χ1n) is 7.83. The van der Waals surface area contributed by atoms with Crippen LogP contribution in [0.5, 0.6) is 0 Å². The summed E-state index contributed by atoms with van der Waals surface area (Å²) in [5, 5.41) is 9.78. The van der Waals surface area contributed by atoms with Crippen molar-refractivity contribution in [2.45, 2.75) is 25.0 Å². The van der Waals surface area contributed by atoms with E-state index in [2.05, 4.69) is 0 Å². The van der Waals surface area contributed by atoms with Crippen LogP contribution in [0.1, 0.15) is 24.2 Å². The molecule has 24 heavy (non-hydrogen) atoms. The summed E-state index contributed by atoms with van der Waals surface area (Å²) in [6.07, 6.45) is 3.44. The van der Waals surface area contributed by atoms with E-state index in [-0.39, 0.29) is 18.3 Å². The molecule has 3 heterocycles. The molecule has 2 amide bonds. The number of nitrogens with zero attached hydrogens (tertiary/aromatic N) is 1. The summed E-state index contributed by atoms with van der Waals surface area (Å²) in [6, 6.07) is 6.47. The molecule has 3 aliphatic rings. The molecule has 6 nitrogen and oxygen atoms in total. The smallest absolute Gasteiger partial charge is 0.241 e. The first kappa shape index (κ1) is 15.2. The van der Waals surface area contributed by atoms with Gasteiger partial charge in [0.25, 0.3) is 0 Å². The van der Waals surface area contributed by atoms with Crippen LogP contribution in [0.15, 0.2) is 36.4 Å². The van der Waals surface area contributed by atoms with Crippen molar-refractivity contribution in [2.24, 2.45) is 11.8 Å². The highest BCUT2D eigenvalue weighted by Crippen LogP contribution is 2.57. The van der Waals surface area contributed by atoms with Gasteiger partial charge in [0.05, 0.1) is 29.7 Å². The minimum atomic E-state index is -1.14. The highest BCUT2D eigenvalue weighted by atomic mass is 16.5. The number of ether oxygens (including phenoxy) is 1. The quantitative estimate of drug-likeness (QED) is 0.510. The van der Waals surface area contributed by atoms with E-state index in [0.717, 1.165) is 4.90 Å². The molecule has 4 rings (SSSR count).